The predicted octanol–water partition coefficient (Wildman–Crippen LogP) is 1.21. The van der Waals surface area contributed by atoms with Crippen molar-refractivity contribution in [3.63, 3.8) is 0 Å². The summed E-state index contributed by atoms with van der Waals surface area (Å²) in [4.78, 5) is 38.6. The zero-order chi connectivity index (χ0) is 24.0. The number of carbonyl (C=O) groups is 2. The predicted molar refractivity (Wildman–Crippen MR) is 136 cm³/mol. The van der Waals surface area contributed by atoms with Gasteiger partial charge in [-0.3, -0.25) is 14.5 Å². The highest BCUT2D eigenvalue weighted by Gasteiger charge is 2.25. The largest absolute Gasteiger partial charge is 0.378 e. The molecule has 0 atom stereocenters. The highest BCUT2D eigenvalue weighted by Crippen LogP contribution is 2.28. The number of nitrogens with one attached hydrogen (secondary N) is 1. The molecule has 1 aromatic carbocycles. The minimum absolute atomic E-state index is 0.175. The molecule has 11 heteroatoms. The van der Waals surface area contributed by atoms with Crippen LogP contribution in [0.5, 0.6) is 0 Å². The zero-order valence-corrected chi connectivity index (χ0v) is 20.7. The minimum atomic E-state index is -0.206. The standard InChI is InChI=1S/C24H32N6O4S/c31-22(29-9-13-33-14-10-29)17-27-5-7-28(8-6-27)21-4-2-1-3-19(21)25-23(32)20-18-35-24(26-20)30-11-15-34-16-12-30/h1-4,18H,5-17H2,(H,25,32). The molecule has 0 unspecified atom stereocenters. The van der Waals surface area contributed by atoms with Gasteiger partial charge in [-0.1, -0.05) is 12.1 Å². The third-order valence-corrected chi connectivity index (χ3v) is 7.50. The Hall–Kier alpha value is -2.73. The van der Waals surface area contributed by atoms with Crippen LogP contribution in [0.1, 0.15) is 10.5 Å². The molecule has 2 aromatic rings. The molecular weight excluding hydrogens is 468 g/mol. The maximum absolute atomic E-state index is 13.0. The van der Waals surface area contributed by atoms with Gasteiger partial charge in [0.25, 0.3) is 5.91 Å². The average Bonchev–Trinajstić information content (AvgIpc) is 3.41. The lowest BCUT2D eigenvalue weighted by atomic mass is 10.2. The van der Waals surface area contributed by atoms with Crippen LogP contribution in [0.25, 0.3) is 0 Å². The van der Waals surface area contributed by atoms with Gasteiger partial charge in [0.2, 0.25) is 5.91 Å². The Morgan fingerprint density at radius 1 is 0.886 bits per heavy atom. The molecule has 3 fully saturated rings. The number of thiazole rings is 1. The Morgan fingerprint density at radius 3 is 2.31 bits per heavy atom. The lowest BCUT2D eigenvalue weighted by Crippen LogP contribution is -2.51. The molecule has 0 saturated carbocycles. The van der Waals surface area contributed by atoms with Crippen molar-refractivity contribution in [1.82, 2.24) is 14.8 Å². The van der Waals surface area contributed by atoms with E-state index in [0.717, 1.165) is 55.8 Å². The first-order chi connectivity index (χ1) is 17.2. The lowest BCUT2D eigenvalue weighted by Gasteiger charge is -2.37. The number of benzene rings is 1. The maximum Gasteiger partial charge on any atom is 0.275 e. The number of amides is 2. The molecule has 35 heavy (non-hydrogen) atoms. The van der Waals surface area contributed by atoms with Crippen LogP contribution < -0.4 is 15.1 Å². The number of rotatable bonds is 6. The number of morpholine rings is 2. The smallest absolute Gasteiger partial charge is 0.275 e. The van der Waals surface area contributed by atoms with Crippen LogP contribution in [0.15, 0.2) is 29.6 Å². The summed E-state index contributed by atoms with van der Waals surface area (Å²) in [6.45, 7) is 9.19. The first kappa shape index (κ1) is 24.0. The lowest BCUT2D eigenvalue weighted by molar-refractivity contribution is -0.136. The third kappa shape index (κ3) is 5.92. The Kier molecular flexibility index (Phi) is 7.77. The van der Waals surface area contributed by atoms with Crippen LogP contribution in [-0.2, 0) is 14.3 Å². The van der Waals surface area contributed by atoms with E-state index >= 15 is 0 Å². The molecule has 0 aliphatic carbocycles. The van der Waals surface area contributed by atoms with Crippen molar-refractivity contribution in [2.24, 2.45) is 0 Å². The van der Waals surface area contributed by atoms with Gasteiger partial charge in [-0.25, -0.2) is 4.98 Å². The number of anilines is 3. The summed E-state index contributed by atoms with van der Waals surface area (Å²) in [5, 5.41) is 5.73. The van der Waals surface area contributed by atoms with Crippen LogP contribution in [0.4, 0.5) is 16.5 Å². The average molecular weight is 501 g/mol. The fourth-order valence-corrected chi connectivity index (χ4v) is 5.42. The Labute approximate surface area is 209 Å². The van der Waals surface area contributed by atoms with E-state index in [-0.39, 0.29) is 11.8 Å². The van der Waals surface area contributed by atoms with E-state index in [1.54, 1.807) is 0 Å². The summed E-state index contributed by atoms with van der Waals surface area (Å²) in [6, 6.07) is 7.87. The van der Waals surface area contributed by atoms with Crippen LogP contribution in [0, 0.1) is 0 Å². The number of ether oxygens (including phenoxy) is 2. The van der Waals surface area contributed by atoms with E-state index < -0.39 is 0 Å². The molecule has 4 heterocycles. The van der Waals surface area contributed by atoms with Crippen molar-refractivity contribution in [2.45, 2.75) is 0 Å². The number of carbonyl (C=O) groups excluding carboxylic acids is 2. The van der Waals surface area contributed by atoms with Crippen LogP contribution in [0.3, 0.4) is 0 Å². The fraction of sp³-hybridized carbons (Fsp3) is 0.542. The molecule has 3 saturated heterocycles. The molecule has 188 valence electrons. The summed E-state index contributed by atoms with van der Waals surface area (Å²) in [5.41, 5.74) is 2.19. The van der Waals surface area contributed by atoms with E-state index in [2.05, 4.69) is 25.0 Å². The normalized spacial score (nSPS) is 19.6. The van der Waals surface area contributed by atoms with Gasteiger partial charge in [0.1, 0.15) is 5.69 Å². The molecule has 10 nitrogen and oxygen atoms in total. The van der Waals surface area contributed by atoms with E-state index in [9.17, 15) is 9.59 Å². The van der Waals surface area contributed by atoms with Crippen molar-refractivity contribution in [3.8, 4) is 0 Å². The quantitative estimate of drug-likeness (QED) is 0.633. The fourth-order valence-electron chi connectivity index (χ4n) is 4.56. The Morgan fingerprint density at radius 2 is 1.57 bits per heavy atom. The first-order valence-corrected chi connectivity index (χ1v) is 13.1. The molecule has 0 bridgehead atoms. The van der Waals surface area contributed by atoms with Gasteiger partial charge in [0.05, 0.1) is 44.3 Å². The monoisotopic (exact) mass is 500 g/mol. The second-order valence-electron chi connectivity index (χ2n) is 8.84. The molecule has 0 spiro atoms. The van der Waals surface area contributed by atoms with E-state index in [1.807, 2.05) is 34.5 Å². The van der Waals surface area contributed by atoms with Crippen molar-refractivity contribution in [3.05, 3.63) is 35.3 Å². The number of hydrogen-bond acceptors (Lipinski definition) is 9. The van der Waals surface area contributed by atoms with E-state index in [0.29, 0.717) is 51.8 Å². The summed E-state index contributed by atoms with van der Waals surface area (Å²) in [5.74, 6) is -0.0305. The summed E-state index contributed by atoms with van der Waals surface area (Å²) < 4.78 is 10.7. The zero-order valence-electron chi connectivity index (χ0n) is 19.9. The molecule has 3 aliphatic rings. The van der Waals surface area contributed by atoms with Crippen molar-refractivity contribution < 1.29 is 19.1 Å². The van der Waals surface area contributed by atoms with Gasteiger partial charge < -0.3 is 29.5 Å². The molecule has 1 aromatic heterocycles. The van der Waals surface area contributed by atoms with E-state index in [4.69, 9.17) is 9.47 Å². The molecule has 0 radical (unpaired) electrons. The van der Waals surface area contributed by atoms with Crippen LogP contribution in [-0.4, -0.2) is 112 Å². The SMILES string of the molecule is O=C(Nc1ccccc1N1CCN(CC(=O)N2CCOCC2)CC1)c1csc(N2CCOCC2)n1. The van der Waals surface area contributed by atoms with Gasteiger partial charge in [0.15, 0.2) is 5.13 Å². The number of para-hydroxylation sites is 2. The number of aromatic nitrogens is 1. The van der Waals surface area contributed by atoms with Crippen molar-refractivity contribution in [2.75, 3.05) is 100 Å². The summed E-state index contributed by atoms with van der Waals surface area (Å²) in [7, 11) is 0. The van der Waals surface area contributed by atoms with Gasteiger partial charge in [-0.2, -0.15) is 0 Å². The van der Waals surface area contributed by atoms with E-state index in [1.165, 1.54) is 11.3 Å². The van der Waals surface area contributed by atoms with Crippen molar-refractivity contribution in [1.29, 1.82) is 0 Å². The molecule has 1 N–H and O–H groups in total. The maximum atomic E-state index is 13.0. The first-order valence-electron chi connectivity index (χ1n) is 12.2. The summed E-state index contributed by atoms with van der Waals surface area (Å²) in [6.07, 6.45) is 0. The highest BCUT2D eigenvalue weighted by molar-refractivity contribution is 7.14. The van der Waals surface area contributed by atoms with Crippen molar-refractivity contribution >= 4 is 39.7 Å². The molecular formula is C24H32N6O4S. The Bertz CT molecular complexity index is 1010. The summed E-state index contributed by atoms with van der Waals surface area (Å²) >= 11 is 1.49. The molecule has 3 aliphatic heterocycles. The van der Waals surface area contributed by atoms with Gasteiger partial charge in [-0.15, -0.1) is 11.3 Å². The van der Waals surface area contributed by atoms with Gasteiger partial charge in [-0.05, 0) is 12.1 Å². The molecule has 2 amide bonds. The van der Waals surface area contributed by atoms with Crippen LogP contribution >= 0.6 is 11.3 Å². The second kappa shape index (κ2) is 11.3. The highest BCUT2D eigenvalue weighted by atomic mass is 32.1. The van der Waals surface area contributed by atoms with Gasteiger partial charge >= 0.3 is 0 Å². The number of piperazine rings is 1. The third-order valence-electron chi connectivity index (χ3n) is 6.59. The number of hydrogen-bond donors (Lipinski definition) is 1. The molecule has 5 rings (SSSR count). The topological polar surface area (TPSA) is 90.5 Å². The minimum Gasteiger partial charge on any atom is -0.378 e. The van der Waals surface area contributed by atoms with Crippen LogP contribution in [0.2, 0.25) is 0 Å². The van der Waals surface area contributed by atoms with Gasteiger partial charge in [0, 0.05) is 57.7 Å². The Balaban J connectivity index is 1.17. The number of nitrogens with zero attached hydrogens (tertiary/aromatic N) is 5. The second-order valence-corrected chi connectivity index (χ2v) is 9.68.